The maximum absolute atomic E-state index is 13.7. The molecule has 146 valence electrons. The third-order valence-electron chi connectivity index (χ3n) is 5.99. The van der Waals surface area contributed by atoms with Gasteiger partial charge in [0.25, 0.3) is 0 Å². The zero-order chi connectivity index (χ0) is 19.4. The molecule has 1 amide bonds. The molecule has 27 heavy (non-hydrogen) atoms. The molecule has 6 heteroatoms. The quantitative estimate of drug-likeness (QED) is 0.813. The Morgan fingerprint density at radius 2 is 2.11 bits per heavy atom. The van der Waals surface area contributed by atoms with Gasteiger partial charge in [0.05, 0.1) is 16.6 Å². The summed E-state index contributed by atoms with van der Waals surface area (Å²) in [5, 5.41) is 13.3. The minimum absolute atomic E-state index is 0.103. The lowest BCUT2D eigenvalue weighted by Crippen LogP contribution is -2.38. The van der Waals surface area contributed by atoms with E-state index >= 15 is 0 Å². The molecule has 0 unspecified atom stereocenters. The van der Waals surface area contributed by atoms with Crippen molar-refractivity contribution in [1.82, 2.24) is 9.55 Å². The number of anilines is 1. The molecule has 0 bridgehead atoms. The summed E-state index contributed by atoms with van der Waals surface area (Å²) in [4.78, 5) is 17.1. The van der Waals surface area contributed by atoms with E-state index in [1.165, 1.54) is 6.42 Å². The maximum Gasteiger partial charge on any atom is 0.226 e. The smallest absolute Gasteiger partial charge is 0.226 e. The van der Waals surface area contributed by atoms with Gasteiger partial charge in [-0.2, -0.15) is 0 Å². The molecule has 0 aliphatic heterocycles. The van der Waals surface area contributed by atoms with Crippen LogP contribution in [0.5, 0.6) is 0 Å². The number of fused-ring (bicyclic) bond motifs is 1. The number of carbonyl (C=O) groups is 1. The predicted molar refractivity (Wildman–Crippen MR) is 103 cm³/mol. The highest BCUT2D eigenvalue weighted by Crippen LogP contribution is 2.43. The van der Waals surface area contributed by atoms with Crippen LogP contribution < -0.4 is 5.32 Å². The minimum atomic E-state index is -1.11. The van der Waals surface area contributed by atoms with Crippen LogP contribution in [-0.2, 0) is 10.4 Å². The highest BCUT2D eigenvalue weighted by atomic mass is 19.1. The van der Waals surface area contributed by atoms with Gasteiger partial charge >= 0.3 is 0 Å². The molecule has 1 heterocycles. The van der Waals surface area contributed by atoms with Crippen molar-refractivity contribution < 1.29 is 14.3 Å². The number of amides is 1. The molecule has 2 N–H and O–H groups in total. The fourth-order valence-electron chi connectivity index (χ4n) is 4.30. The number of hydrogen-bond acceptors (Lipinski definition) is 3. The molecule has 0 atom stereocenters. The van der Waals surface area contributed by atoms with Crippen molar-refractivity contribution in [3.8, 4) is 0 Å². The van der Waals surface area contributed by atoms with Crippen LogP contribution >= 0.6 is 0 Å². The Balaban J connectivity index is 1.60. The second-order valence-electron chi connectivity index (χ2n) is 9.09. The van der Waals surface area contributed by atoms with Crippen LogP contribution in [0.2, 0.25) is 0 Å². The molecule has 1 aromatic heterocycles. The van der Waals surface area contributed by atoms with E-state index in [0.717, 1.165) is 29.4 Å². The highest BCUT2D eigenvalue weighted by Gasteiger charge is 2.41. The van der Waals surface area contributed by atoms with Crippen LogP contribution in [0.25, 0.3) is 11.0 Å². The third kappa shape index (κ3) is 3.59. The first kappa shape index (κ1) is 18.4. The average molecular weight is 373 g/mol. The zero-order valence-corrected chi connectivity index (χ0v) is 16.3. The molecule has 0 spiro atoms. The monoisotopic (exact) mass is 373 g/mol. The number of carbonyl (C=O) groups excluding carboxylic acids is 1. The second-order valence-corrected chi connectivity index (χ2v) is 9.09. The Kier molecular flexibility index (Phi) is 4.29. The first-order chi connectivity index (χ1) is 12.6. The maximum atomic E-state index is 13.7. The summed E-state index contributed by atoms with van der Waals surface area (Å²) in [6.45, 7) is 5.12. The normalized spacial score (nSPS) is 25.9. The fourth-order valence-corrected chi connectivity index (χ4v) is 4.30. The van der Waals surface area contributed by atoms with Crippen LogP contribution in [0, 0.1) is 5.92 Å². The Morgan fingerprint density at radius 3 is 2.67 bits per heavy atom. The van der Waals surface area contributed by atoms with E-state index < -0.39 is 11.3 Å². The fraction of sp³-hybridized carbons (Fsp3) is 0.619. The van der Waals surface area contributed by atoms with Gasteiger partial charge in [-0.25, -0.2) is 9.37 Å². The summed E-state index contributed by atoms with van der Waals surface area (Å²) in [7, 11) is 0. The van der Waals surface area contributed by atoms with Crippen LogP contribution in [0.4, 0.5) is 10.3 Å². The Hall–Kier alpha value is -1.95. The molecule has 4 rings (SSSR count). The minimum Gasteiger partial charge on any atom is -0.386 e. The molecule has 2 aliphatic rings. The van der Waals surface area contributed by atoms with Crippen LogP contribution in [0.3, 0.4) is 0 Å². The van der Waals surface area contributed by atoms with E-state index in [9.17, 15) is 14.3 Å². The van der Waals surface area contributed by atoms with Crippen LogP contribution in [0.1, 0.15) is 70.9 Å². The van der Waals surface area contributed by atoms with Crippen LogP contribution in [0.15, 0.2) is 18.2 Å². The number of aromatic nitrogens is 2. The highest BCUT2D eigenvalue weighted by molar-refractivity contribution is 5.92. The van der Waals surface area contributed by atoms with Crippen molar-refractivity contribution in [2.45, 2.75) is 76.6 Å². The van der Waals surface area contributed by atoms with Crippen molar-refractivity contribution >= 4 is 22.9 Å². The summed E-state index contributed by atoms with van der Waals surface area (Å²) >= 11 is 0. The van der Waals surface area contributed by atoms with Crippen molar-refractivity contribution in [1.29, 1.82) is 0 Å². The number of benzene rings is 1. The largest absolute Gasteiger partial charge is 0.386 e. The molecule has 2 saturated carbocycles. The first-order valence-corrected chi connectivity index (χ1v) is 9.86. The lowest BCUT2D eigenvalue weighted by molar-refractivity contribution is -0.119. The molecular weight excluding hydrogens is 345 g/mol. The summed E-state index contributed by atoms with van der Waals surface area (Å²) < 4.78 is 15.8. The van der Waals surface area contributed by atoms with E-state index in [4.69, 9.17) is 0 Å². The summed E-state index contributed by atoms with van der Waals surface area (Å²) in [6.07, 6.45) is 4.53. The molecule has 2 aliphatic carbocycles. The first-order valence-electron chi connectivity index (χ1n) is 9.86. The van der Waals surface area contributed by atoms with Gasteiger partial charge < -0.3 is 9.67 Å². The van der Waals surface area contributed by atoms with Crippen molar-refractivity contribution in [3.63, 3.8) is 0 Å². The number of rotatable bonds is 5. The predicted octanol–water partition coefficient (Wildman–Crippen LogP) is 4.46. The van der Waals surface area contributed by atoms with Gasteiger partial charge in [-0.3, -0.25) is 10.1 Å². The molecule has 5 nitrogen and oxygen atoms in total. The zero-order valence-electron chi connectivity index (χ0n) is 16.3. The number of halogens is 1. The Morgan fingerprint density at radius 1 is 1.41 bits per heavy atom. The Labute approximate surface area is 159 Å². The van der Waals surface area contributed by atoms with Crippen molar-refractivity contribution in [2.75, 3.05) is 5.32 Å². The molecule has 2 fully saturated rings. The van der Waals surface area contributed by atoms with Gasteiger partial charge in [-0.1, -0.05) is 6.07 Å². The standard InChI is InChI=1S/C21H28FN3O2/c1-20(2,27)14-7-8-16-17(10-14)25(15-5-4-6-15)19(23-16)24-18(26)9-13-11-21(3,22)12-13/h7-8,10,13,15,27H,4-6,9,11-12H2,1-3H3,(H,23,24,26). The van der Waals surface area contributed by atoms with E-state index in [0.29, 0.717) is 31.3 Å². The summed E-state index contributed by atoms with van der Waals surface area (Å²) in [5.74, 6) is 0.576. The Bertz CT molecular complexity index is 869. The molecular formula is C21H28FN3O2. The number of nitrogens with zero attached hydrogens (tertiary/aromatic N) is 2. The number of imidazole rings is 1. The molecule has 1 aromatic carbocycles. The number of hydrogen-bond donors (Lipinski definition) is 2. The molecule has 0 radical (unpaired) electrons. The van der Waals surface area contributed by atoms with Gasteiger partial charge in [0, 0.05) is 12.5 Å². The molecule has 0 saturated heterocycles. The molecule has 2 aromatic rings. The van der Waals surface area contributed by atoms with Crippen LogP contribution in [-0.4, -0.2) is 26.2 Å². The number of nitrogens with one attached hydrogen (secondary N) is 1. The summed E-state index contributed by atoms with van der Waals surface area (Å²) in [6, 6.07) is 6.06. The second kappa shape index (κ2) is 6.30. The van der Waals surface area contributed by atoms with E-state index in [1.54, 1.807) is 20.8 Å². The van der Waals surface area contributed by atoms with Gasteiger partial charge in [-0.15, -0.1) is 0 Å². The third-order valence-corrected chi connectivity index (χ3v) is 5.99. The van der Waals surface area contributed by atoms with Crippen molar-refractivity contribution in [3.05, 3.63) is 23.8 Å². The van der Waals surface area contributed by atoms with E-state index in [2.05, 4.69) is 14.9 Å². The lowest BCUT2D eigenvalue weighted by atomic mass is 9.72. The lowest BCUT2D eigenvalue weighted by Gasteiger charge is -2.38. The number of aliphatic hydroxyl groups is 1. The average Bonchev–Trinajstić information content (AvgIpc) is 2.80. The SMILES string of the molecule is CC1(F)CC(CC(=O)Nc2nc3ccc(C(C)(C)O)cc3n2C2CCC2)C1. The van der Waals surface area contributed by atoms with Gasteiger partial charge in [0.2, 0.25) is 11.9 Å². The van der Waals surface area contributed by atoms with Gasteiger partial charge in [0.15, 0.2) is 0 Å². The van der Waals surface area contributed by atoms with Gasteiger partial charge in [-0.05, 0) is 76.5 Å². The number of alkyl halides is 1. The van der Waals surface area contributed by atoms with Gasteiger partial charge in [0.1, 0.15) is 5.67 Å². The van der Waals surface area contributed by atoms with E-state index in [-0.39, 0.29) is 11.8 Å². The summed E-state index contributed by atoms with van der Waals surface area (Å²) in [5.41, 5.74) is 0.525. The van der Waals surface area contributed by atoms with E-state index in [1.807, 2.05) is 18.2 Å². The van der Waals surface area contributed by atoms with Crippen molar-refractivity contribution in [2.24, 2.45) is 5.92 Å². The topological polar surface area (TPSA) is 67.2 Å².